The zero-order valence-corrected chi connectivity index (χ0v) is 16.3. The number of carbonyl (C=O) groups is 2. The molecular formula is C20H22N2O5S. The minimum Gasteiger partial charge on any atom is -0.452 e. The Labute approximate surface area is 164 Å². The van der Waals surface area contributed by atoms with Gasteiger partial charge >= 0.3 is 5.97 Å². The second-order valence-electron chi connectivity index (χ2n) is 6.53. The fourth-order valence-electron chi connectivity index (χ4n) is 3.28. The van der Waals surface area contributed by atoms with E-state index in [1.165, 1.54) is 4.90 Å². The van der Waals surface area contributed by atoms with Crippen LogP contribution < -0.4 is 10.2 Å². The van der Waals surface area contributed by atoms with Gasteiger partial charge in [-0.1, -0.05) is 30.3 Å². The molecule has 1 fully saturated rings. The topological polar surface area (TPSA) is 92.8 Å². The summed E-state index contributed by atoms with van der Waals surface area (Å²) < 4.78 is 29.0. The van der Waals surface area contributed by atoms with E-state index in [9.17, 15) is 18.0 Å². The number of anilines is 2. The molecule has 0 saturated carbocycles. The molecule has 1 aliphatic heterocycles. The minimum atomic E-state index is -3.18. The summed E-state index contributed by atoms with van der Waals surface area (Å²) in [6.07, 6.45) is 0.361. The molecule has 1 saturated heterocycles. The van der Waals surface area contributed by atoms with Gasteiger partial charge in [-0.05, 0) is 30.7 Å². The number of amides is 1. The second-order valence-corrected chi connectivity index (χ2v) is 8.76. The predicted octanol–water partition coefficient (Wildman–Crippen LogP) is 2.11. The van der Waals surface area contributed by atoms with Gasteiger partial charge < -0.3 is 15.0 Å². The standard InChI is InChI=1S/C20H22N2O5S/c1-21-18-10-6-5-9-17(18)20(24)27-13-19(23)22(15-7-3-2-4-8-15)16-11-12-28(25,26)14-16/h2-10,16,21H,11-14H2,1H3/t16-/m1/s1. The third-order valence-corrected chi connectivity index (χ3v) is 6.37. The van der Waals surface area contributed by atoms with Gasteiger partial charge in [0.15, 0.2) is 16.4 Å². The van der Waals surface area contributed by atoms with Crippen LogP contribution in [0.4, 0.5) is 11.4 Å². The van der Waals surface area contributed by atoms with Crippen LogP contribution in [0.5, 0.6) is 0 Å². The first-order chi connectivity index (χ1) is 13.4. The summed E-state index contributed by atoms with van der Waals surface area (Å²) in [7, 11) is -1.49. The zero-order valence-electron chi connectivity index (χ0n) is 15.5. The number of esters is 1. The highest BCUT2D eigenvalue weighted by molar-refractivity contribution is 7.91. The van der Waals surface area contributed by atoms with E-state index >= 15 is 0 Å². The van der Waals surface area contributed by atoms with Crippen molar-refractivity contribution in [2.45, 2.75) is 12.5 Å². The van der Waals surface area contributed by atoms with Crippen molar-refractivity contribution in [1.82, 2.24) is 0 Å². The van der Waals surface area contributed by atoms with Crippen LogP contribution in [0.2, 0.25) is 0 Å². The van der Waals surface area contributed by atoms with Gasteiger partial charge in [0.1, 0.15) is 0 Å². The maximum absolute atomic E-state index is 12.9. The molecule has 148 valence electrons. The summed E-state index contributed by atoms with van der Waals surface area (Å²) in [5, 5.41) is 2.90. The average molecular weight is 402 g/mol. The SMILES string of the molecule is CNc1ccccc1C(=O)OCC(=O)N(c1ccccc1)[C@@H]1CCS(=O)(=O)C1. The lowest BCUT2D eigenvalue weighted by Gasteiger charge is -2.28. The summed E-state index contributed by atoms with van der Waals surface area (Å²) >= 11 is 0. The first kappa shape index (κ1) is 19.9. The molecular weight excluding hydrogens is 380 g/mol. The van der Waals surface area contributed by atoms with E-state index in [-0.39, 0.29) is 11.5 Å². The van der Waals surface area contributed by atoms with E-state index in [4.69, 9.17) is 4.74 Å². The van der Waals surface area contributed by atoms with Crippen LogP contribution in [-0.2, 0) is 19.4 Å². The third-order valence-electron chi connectivity index (χ3n) is 4.62. The van der Waals surface area contributed by atoms with Gasteiger partial charge in [-0.3, -0.25) is 4.79 Å². The van der Waals surface area contributed by atoms with E-state index in [0.717, 1.165) is 0 Å². The Morgan fingerprint density at radius 2 is 1.79 bits per heavy atom. The highest BCUT2D eigenvalue weighted by Gasteiger charge is 2.35. The monoisotopic (exact) mass is 402 g/mol. The molecule has 7 nitrogen and oxygen atoms in total. The molecule has 28 heavy (non-hydrogen) atoms. The van der Waals surface area contributed by atoms with E-state index < -0.39 is 34.4 Å². The smallest absolute Gasteiger partial charge is 0.340 e. The number of para-hydroxylation sites is 2. The van der Waals surface area contributed by atoms with Crippen molar-refractivity contribution < 1.29 is 22.7 Å². The lowest BCUT2D eigenvalue weighted by atomic mass is 10.1. The number of sulfone groups is 1. The molecule has 0 aromatic heterocycles. The second kappa shape index (κ2) is 8.43. The third kappa shape index (κ3) is 4.51. The van der Waals surface area contributed by atoms with E-state index in [0.29, 0.717) is 23.4 Å². The lowest BCUT2D eigenvalue weighted by Crippen LogP contribution is -2.43. The Bertz CT molecular complexity index is 960. The molecule has 1 heterocycles. The van der Waals surface area contributed by atoms with Crippen molar-refractivity contribution >= 4 is 33.1 Å². The van der Waals surface area contributed by atoms with Crippen LogP contribution in [0.15, 0.2) is 54.6 Å². The van der Waals surface area contributed by atoms with Crippen molar-refractivity contribution in [3.63, 3.8) is 0 Å². The molecule has 0 spiro atoms. The number of hydrogen-bond donors (Lipinski definition) is 1. The van der Waals surface area contributed by atoms with E-state index in [1.807, 2.05) is 6.07 Å². The quantitative estimate of drug-likeness (QED) is 0.744. The number of carbonyl (C=O) groups excluding carboxylic acids is 2. The average Bonchev–Trinajstić information content (AvgIpc) is 3.06. The summed E-state index contributed by atoms with van der Waals surface area (Å²) in [4.78, 5) is 26.7. The van der Waals surface area contributed by atoms with Gasteiger partial charge in [-0.2, -0.15) is 0 Å². The minimum absolute atomic E-state index is 0.0453. The fraction of sp³-hybridized carbons (Fsp3) is 0.300. The Balaban J connectivity index is 1.76. The maximum atomic E-state index is 12.9. The number of ether oxygens (including phenoxy) is 1. The number of nitrogens with one attached hydrogen (secondary N) is 1. The molecule has 0 radical (unpaired) electrons. The van der Waals surface area contributed by atoms with Gasteiger partial charge in [-0.25, -0.2) is 13.2 Å². The van der Waals surface area contributed by atoms with Crippen molar-refractivity contribution in [2.75, 3.05) is 35.4 Å². The Morgan fingerprint density at radius 1 is 1.11 bits per heavy atom. The van der Waals surface area contributed by atoms with Crippen LogP contribution in [0.25, 0.3) is 0 Å². The van der Waals surface area contributed by atoms with Crippen molar-refractivity contribution in [1.29, 1.82) is 0 Å². The molecule has 2 aromatic carbocycles. The molecule has 1 N–H and O–H groups in total. The number of rotatable bonds is 6. The normalized spacial score (nSPS) is 17.7. The summed E-state index contributed by atoms with van der Waals surface area (Å²) in [5.74, 6) is -1.12. The molecule has 1 atom stereocenters. The molecule has 0 bridgehead atoms. The zero-order chi connectivity index (χ0) is 20.1. The Hall–Kier alpha value is -2.87. The van der Waals surface area contributed by atoms with Gasteiger partial charge in [-0.15, -0.1) is 0 Å². The highest BCUT2D eigenvalue weighted by Crippen LogP contribution is 2.25. The number of nitrogens with zero attached hydrogens (tertiary/aromatic N) is 1. The first-order valence-corrected chi connectivity index (χ1v) is 10.7. The van der Waals surface area contributed by atoms with Crippen LogP contribution in [0, 0.1) is 0 Å². The van der Waals surface area contributed by atoms with Gasteiger partial charge in [0.05, 0.1) is 23.1 Å². The Kier molecular flexibility index (Phi) is 5.99. The number of benzene rings is 2. The lowest BCUT2D eigenvalue weighted by molar-refractivity contribution is -0.122. The molecule has 0 unspecified atom stereocenters. The van der Waals surface area contributed by atoms with Gasteiger partial charge in [0.25, 0.3) is 5.91 Å². The van der Waals surface area contributed by atoms with Crippen molar-refractivity contribution in [3.8, 4) is 0 Å². The fourth-order valence-corrected chi connectivity index (χ4v) is 4.98. The molecule has 8 heteroatoms. The van der Waals surface area contributed by atoms with Crippen molar-refractivity contribution in [3.05, 3.63) is 60.2 Å². The van der Waals surface area contributed by atoms with Crippen molar-refractivity contribution in [2.24, 2.45) is 0 Å². The molecule has 0 aliphatic carbocycles. The molecule has 1 aliphatic rings. The number of hydrogen-bond acceptors (Lipinski definition) is 6. The van der Waals surface area contributed by atoms with Crippen LogP contribution >= 0.6 is 0 Å². The van der Waals surface area contributed by atoms with Crippen LogP contribution in [-0.4, -0.2) is 51.5 Å². The summed E-state index contributed by atoms with van der Waals surface area (Å²) in [5.41, 5.74) is 1.51. The van der Waals surface area contributed by atoms with Crippen LogP contribution in [0.1, 0.15) is 16.8 Å². The predicted molar refractivity (Wildman–Crippen MR) is 107 cm³/mol. The summed E-state index contributed by atoms with van der Waals surface area (Å²) in [6.45, 7) is -0.470. The maximum Gasteiger partial charge on any atom is 0.340 e. The molecule has 2 aromatic rings. The Morgan fingerprint density at radius 3 is 2.43 bits per heavy atom. The van der Waals surface area contributed by atoms with Gasteiger partial charge in [0, 0.05) is 18.4 Å². The molecule has 1 amide bonds. The highest BCUT2D eigenvalue weighted by atomic mass is 32.2. The van der Waals surface area contributed by atoms with Gasteiger partial charge in [0.2, 0.25) is 0 Å². The first-order valence-electron chi connectivity index (χ1n) is 8.93. The van der Waals surface area contributed by atoms with E-state index in [2.05, 4.69) is 5.32 Å². The summed E-state index contributed by atoms with van der Waals surface area (Å²) in [6, 6.07) is 15.2. The molecule has 3 rings (SSSR count). The van der Waals surface area contributed by atoms with E-state index in [1.54, 1.807) is 55.6 Å². The van der Waals surface area contributed by atoms with Crippen LogP contribution in [0.3, 0.4) is 0 Å². The largest absolute Gasteiger partial charge is 0.452 e.